The summed E-state index contributed by atoms with van der Waals surface area (Å²) in [6.45, 7) is 3.70. The van der Waals surface area contributed by atoms with E-state index in [1.807, 2.05) is 6.92 Å². The smallest absolute Gasteiger partial charge is 0.328 e. The van der Waals surface area contributed by atoms with E-state index >= 15 is 0 Å². The highest BCUT2D eigenvalue weighted by atomic mass is 16.4. The molecule has 5 heteroatoms. The van der Waals surface area contributed by atoms with Crippen LogP contribution >= 0.6 is 0 Å². The Hall–Kier alpha value is -2.14. The quantitative estimate of drug-likeness (QED) is 0.712. The summed E-state index contributed by atoms with van der Waals surface area (Å²) in [6.07, 6.45) is 2.57. The molecule has 0 radical (unpaired) electrons. The van der Waals surface area contributed by atoms with E-state index in [4.69, 9.17) is 5.11 Å². The SMILES string of the molecule is CC(C(=O)Nc1cccc(/C=C/C(=O)O)c1)C1CNC1. The molecule has 0 aliphatic carbocycles. The fourth-order valence-electron chi connectivity index (χ4n) is 2.02. The number of aliphatic carboxylic acids is 1. The van der Waals surface area contributed by atoms with Gasteiger partial charge in [-0.15, -0.1) is 0 Å². The second-order valence-corrected chi connectivity index (χ2v) is 4.99. The van der Waals surface area contributed by atoms with E-state index in [-0.39, 0.29) is 11.8 Å². The van der Waals surface area contributed by atoms with Crippen LogP contribution in [0.4, 0.5) is 5.69 Å². The standard InChI is InChI=1S/C15H18N2O3/c1-10(12-8-16-9-12)15(20)17-13-4-2-3-11(7-13)5-6-14(18)19/h2-7,10,12,16H,8-9H2,1H3,(H,17,20)(H,18,19)/b6-5+. The molecule has 1 unspecified atom stereocenters. The lowest BCUT2D eigenvalue weighted by molar-refractivity contribution is -0.131. The number of anilines is 1. The number of carboxylic acid groups (broad SMARTS) is 1. The molecule has 1 fully saturated rings. The monoisotopic (exact) mass is 274 g/mol. The number of carboxylic acids is 1. The van der Waals surface area contributed by atoms with Crippen molar-refractivity contribution in [2.75, 3.05) is 18.4 Å². The molecule has 3 N–H and O–H groups in total. The van der Waals surface area contributed by atoms with Crippen LogP contribution in [0.25, 0.3) is 6.08 Å². The van der Waals surface area contributed by atoms with Gasteiger partial charge in [0.1, 0.15) is 0 Å². The zero-order valence-corrected chi connectivity index (χ0v) is 11.3. The summed E-state index contributed by atoms with van der Waals surface area (Å²) in [5, 5.41) is 14.6. The molecule has 106 valence electrons. The lowest BCUT2D eigenvalue weighted by atomic mass is 9.88. The minimum atomic E-state index is -0.995. The molecule has 1 aliphatic heterocycles. The Balaban J connectivity index is 2.00. The largest absolute Gasteiger partial charge is 0.478 e. The van der Waals surface area contributed by atoms with Crippen molar-refractivity contribution in [1.29, 1.82) is 0 Å². The Morgan fingerprint density at radius 3 is 2.80 bits per heavy atom. The van der Waals surface area contributed by atoms with E-state index < -0.39 is 5.97 Å². The summed E-state index contributed by atoms with van der Waals surface area (Å²) in [5.41, 5.74) is 1.42. The van der Waals surface area contributed by atoms with Gasteiger partial charge in [0.25, 0.3) is 0 Å². The first kappa shape index (κ1) is 14.3. The third-order valence-electron chi connectivity index (χ3n) is 3.51. The fraction of sp³-hybridized carbons (Fsp3) is 0.333. The highest BCUT2D eigenvalue weighted by Crippen LogP contribution is 2.19. The highest BCUT2D eigenvalue weighted by molar-refractivity contribution is 5.93. The molecule has 1 atom stereocenters. The average molecular weight is 274 g/mol. The number of amides is 1. The van der Waals surface area contributed by atoms with Crippen molar-refractivity contribution in [2.45, 2.75) is 6.92 Å². The number of benzene rings is 1. The zero-order valence-electron chi connectivity index (χ0n) is 11.3. The van der Waals surface area contributed by atoms with E-state index in [2.05, 4.69) is 10.6 Å². The van der Waals surface area contributed by atoms with Gasteiger partial charge in [0.2, 0.25) is 5.91 Å². The number of hydrogen-bond acceptors (Lipinski definition) is 3. The Kier molecular flexibility index (Phi) is 4.53. The van der Waals surface area contributed by atoms with Crippen molar-refractivity contribution >= 4 is 23.6 Å². The summed E-state index contributed by atoms with van der Waals surface area (Å²) >= 11 is 0. The van der Waals surface area contributed by atoms with Crippen LogP contribution in [0.1, 0.15) is 12.5 Å². The third kappa shape index (κ3) is 3.68. The van der Waals surface area contributed by atoms with Gasteiger partial charge in [0.15, 0.2) is 0 Å². The summed E-state index contributed by atoms with van der Waals surface area (Å²) in [5.74, 6) is -0.638. The van der Waals surface area contributed by atoms with Crippen LogP contribution in [-0.2, 0) is 9.59 Å². The van der Waals surface area contributed by atoms with Gasteiger partial charge in [-0.25, -0.2) is 4.79 Å². The van der Waals surface area contributed by atoms with Crippen LogP contribution in [0.15, 0.2) is 30.3 Å². The number of nitrogens with one attached hydrogen (secondary N) is 2. The number of carbonyl (C=O) groups excluding carboxylic acids is 1. The van der Waals surface area contributed by atoms with E-state index in [1.54, 1.807) is 24.3 Å². The van der Waals surface area contributed by atoms with Crippen LogP contribution in [0.5, 0.6) is 0 Å². The van der Waals surface area contributed by atoms with Gasteiger partial charge < -0.3 is 15.7 Å². The molecule has 1 aliphatic rings. The Bertz CT molecular complexity index is 536. The molecule has 0 bridgehead atoms. The predicted octanol–water partition coefficient (Wildman–Crippen LogP) is 1.58. The van der Waals surface area contributed by atoms with Gasteiger partial charge in [-0.05, 0) is 42.8 Å². The molecule has 2 rings (SSSR count). The van der Waals surface area contributed by atoms with E-state index in [9.17, 15) is 9.59 Å². The summed E-state index contributed by atoms with van der Waals surface area (Å²) in [7, 11) is 0. The van der Waals surface area contributed by atoms with Crippen molar-refractivity contribution in [3.05, 3.63) is 35.9 Å². The molecule has 1 aromatic carbocycles. The second-order valence-electron chi connectivity index (χ2n) is 4.99. The molecule has 20 heavy (non-hydrogen) atoms. The maximum Gasteiger partial charge on any atom is 0.328 e. The average Bonchev–Trinajstić information content (AvgIpc) is 2.34. The van der Waals surface area contributed by atoms with Gasteiger partial charge in [0, 0.05) is 17.7 Å². The number of rotatable bonds is 5. The molecule has 1 heterocycles. The minimum Gasteiger partial charge on any atom is -0.478 e. The number of hydrogen-bond donors (Lipinski definition) is 3. The van der Waals surface area contributed by atoms with Crippen LogP contribution in [0.3, 0.4) is 0 Å². The van der Waals surface area contributed by atoms with Gasteiger partial charge in [-0.1, -0.05) is 19.1 Å². The maximum absolute atomic E-state index is 12.1. The molecular formula is C15H18N2O3. The van der Waals surface area contributed by atoms with Crippen LogP contribution in [-0.4, -0.2) is 30.1 Å². The summed E-state index contributed by atoms with van der Waals surface area (Å²) < 4.78 is 0. The molecular weight excluding hydrogens is 256 g/mol. The van der Waals surface area contributed by atoms with Gasteiger partial charge >= 0.3 is 5.97 Å². The van der Waals surface area contributed by atoms with Crippen molar-refractivity contribution in [2.24, 2.45) is 11.8 Å². The Morgan fingerprint density at radius 1 is 1.45 bits per heavy atom. The first-order valence-corrected chi connectivity index (χ1v) is 6.59. The topological polar surface area (TPSA) is 78.4 Å². The normalized spacial score (nSPS) is 16.6. The van der Waals surface area contributed by atoms with Crippen LogP contribution in [0, 0.1) is 11.8 Å². The van der Waals surface area contributed by atoms with Crippen LogP contribution < -0.4 is 10.6 Å². The van der Waals surface area contributed by atoms with Crippen molar-refractivity contribution in [3.63, 3.8) is 0 Å². The lowest BCUT2D eigenvalue weighted by Gasteiger charge is -2.31. The summed E-state index contributed by atoms with van der Waals surface area (Å²) in [6, 6.07) is 7.12. The molecule has 0 aromatic heterocycles. The van der Waals surface area contributed by atoms with E-state index in [1.165, 1.54) is 6.08 Å². The highest BCUT2D eigenvalue weighted by Gasteiger charge is 2.28. The molecule has 1 amide bonds. The predicted molar refractivity (Wildman–Crippen MR) is 77.3 cm³/mol. The maximum atomic E-state index is 12.1. The number of carbonyl (C=O) groups is 2. The lowest BCUT2D eigenvalue weighted by Crippen LogP contribution is -2.48. The van der Waals surface area contributed by atoms with Gasteiger partial charge in [-0.3, -0.25) is 4.79 Å². The van der Waals surface area contributed by atoms with Gasteiger partial charge in [-0.2, -0.15) is 0 Å². The minimum absolute atomic E-state index is 0.00383. The van der Waals surface area contributed by atoms with E-state index in [0.717, 1.165) is 24.7 Å². The summed E-state index contributed by atoms with van der Waals surface area (Å²) in [4.78, 5) is 22.5. The first-order chi connectivity index (χ1) is 9.56. The fourth-order valence-corrected chi connectivity index (χ4v) is 2.02. The van der Waals surface area contributed by atoms with E-state index in [0.29, 0.717) is 11.6 Å². The Labute approximate surface area is 117 Å². The molecule has 0 saturated carbocycles. The van der Waals surface area contributed by atoms with Crippen LogP contribution in [0.2, 0.25) is 0 Å². The molecule has 1 aromatic rings. The third-order valence-corrected chi connectivity index (χ3v) is 3.51. The molecule has 5 nitrogen and oxygen atoms in total. The van der Waals surface area contributed by atoms with Crippen molar-refractivity contribution in [3.8, 4) is 0 Å². The first-order valence-electron chi connectivity index (χ1n) is 6.59. The second kappa shape index (κ2) is 6.34. The van der Waals surface area contributed by atoms with Crippen molar-refractivity contribution in [1.82, 2.24) is 5.32 Å². The van der Waals surface area contributed by atoms with Crippen molar-refractivity contribution < 1.29 is 14.7 Å². The molecule has 1 saturated heterocycles. The Morgan fingerprint density at radius 2 is 2.20 bits per heavy atom. The molecule has 0 spiro atoms. The van der Waals surface area contributed by atoms with Gasteiger partial charge in [0.05, 0.1) is 0 Å². The zero-order chi connectivity index (χ0) is 14.5.